The predicted octanol–water partition coefficient (Wildman–Crippen LogP) is 2.59. The minimum Gasteiger partial charge on any atom is -0.354 e. The molecule has 0 spiro atoms. The third-order valence-electron chi connectivity index (χ3n) is 4.11. The lowest BCUT2D eigenvalue weighted by Gasteiger charge is -2.42. The predicted molar refractivity (Wildman–Crippen MR) is 71.7 cm³/mol. The number of carbonyl (C=O) groups is 1. The molecule has 0 bridgehead atoms. The van der Waals surface area contributed by atoms with Gasteiger partial charge in [0.2, 0.25) is 5.91 Å². The Bertz CT molecular complexity index is 257. The standard InChI is InChI=1S/C14H28N2O/c1-4-7-13(3,15)12(17)16-11-14(8-5-2)9-6-10-14/h4-11,15H2,1-3H3,(H,16,17). The largest absolute Gasteiger partial charge is 0.354 e. The summed E-state index contributed by atoms with van der Waals surface area (Å²) >= 11 is 0. The summed E-state index contributed by atoms with van der Waals surface area (Å²) in [6.07, 6.45) is 7.95. The molecule has 3 nitrogen and oxygen atoms in total. The Labute approximate surface area is 106 Å². The summed E-state index contributed by atoms with van der Waals surface area (Å²) in [6, 6.07) is 0. The van der Waals surface area contributed by atoms with Crippen molar-refractivity contribution in [3.8, 4) is 0 Å². The Morgan fingerprint density at radius 2 is 2.00 bits per heavy atom. The highest BCUT2D eigenvalue weighted by Crippen LogP contribution is 2.44. The summed E-state index contributed by atoms with van der Waals surface area (Å²) in [5.74, 6) is 0.0155. The fourth-order valence-electron chi connectivity index (χ4n) is 2.82. The normalized spacial score (nSPS) is 21.4. The van der Waals surface area contributed by atoms with Gasteiger partial charge in [0.15, 0.2) is 0 Å². The number of hydrogen-bond donors (Lipinski definition) is 2. The maximum Gasteiger partial charge on any atom is 0.239 e. The molecule has 3 N–H and O–H groups in total. The van der Waals surface area contributed by atoms with E-state index in [-0.39, 0.29) is 5.91 Å². The zero-order chi connectivity index (χ0) is 12.9. The van der Waals surface area contributed by atoms with Gasteiger partial charge in [-0.25, -0.2) is 0 Å². The fourth-order valence-corrected chi connectivity index (χ4v) is 2.82. The van der Waals surface area contributed by atoms with E-state index in [0.717, 1.165) is 19.4 Å². The molecule has 0 aromatic rings. The summed E-state index contributed by atoms with van der Waals surface area (Å²) < 4.78 is 0. The average Bonchev–Trinajstić information content (AvgIpc) is 2.21. The highest BCUT2D eigenvalue weighted by molar-refractivity contribution is 5.85. The molecule has 1 rings (SSSR count). The molecule has 1 saturated carbocycles. The molecule has 1 atom stereocenters. The topological polar surface area (TPSA) is 55.1 Å². The van der Waals surface area contributed by atoms with Crippen LogP contribution in [0, 0.1) is 5.41 Å². The van der Waals surface area contributed by atoms with E-state index in [1.807, 2.05) is 6.92 Å². The lowest BCUT2D eigenvalue weighted by atomic mass is 9.66. The maximum atomic E-state index is 12.0. The lowest BCUT2D eigenvalue weighted by molar-refractivity contribution is -0.127. The van der Waals surface area contributed by atoms with Gasteiger partial charge < -0.3 is 11.1 Å². The van der Waals surface area contributed by atoms with Crippen LogP contribution in [0.3, 0.4) is 0 Å². The van der Waals surface area contributed by atoms with E-state index in [4.69, 9.17) is 5.73 Å². The number of rotatable bonds is 7. The quantitative estimate of drug-likeness (QED) is 0.718. The van der Waals surface area contributed by atoms with Crippen molar-refractivity contribution in [1.29, 1.82) is 0 Å². The zero-order valence-corrected chi connectivity index (χ0v) is 11.6. The molecule has 0 aromatic carbocycles. The van der Waals surface area contributed by atoms with Crippen molar-refractivity contribution < 1.29 is 4.79 Å². The Balaban J connectivity index is 2.41. The van der Waals surface area contributed by atoms with E-state index in [2.05, 4.69) is 19.2 Å². The van der Waals surface area contributed by atoms with Crippen LogP contribution in [0.25, 0.3) is 0 Å². The van der Waals surface area contributed by atoms with Crippen LogP contribution in [0.4, 0.5) is 0 Å². The minimum atomic E-state index is -0.702. The molecule has 100 valence electrons. The smallest absolute Gasteiger partial charge is 0.239 e. The Kier molecular flexibility index (Phi) is 4.99. The first-order valence-electron chi connectivity index (χ1n) is 7.03. The molecule has 0 radical (unpaired) electrons. The first kappa shape index (κ1) is 14.5. The van der Waals surface area contributed by atoms with E-state index >= 15 is 0 Å². The number of amides is 1. The van der Waals surface area contributed by atoms with Crippen molar-refractivity contribution in [1.82, 2.24) is 5.32 Å². The molecule has 0 heterocycles. The Hall–Kier alpha value is -0.570. The van der Waals surface area contributed by atoms with Crippen LogP contribution in [0.5, 0.6) is 0 Å². The van der Waals surface area contributed by atoms with Gasteiger partial charge in [-0.1, -0.05) is 33.1 Å². The van der Waals surface area contributed by atoms with Crippen LogP contribution in [-0.2, 0) is 4.79 Å². The Morgan fingerprint density at radius 1 is 1.35 bits per heavy atom. The Morgan fingerprint density at radius 3 is 2.41 bits per heavy atom. The van der Waals surface area contributed by atoms with Crippen molar-refractivity contribution in [2.75, 3.05) is 6.54 Å². The second-order valence-electron chi connectivity index (χ2n) is 5.95. The van der Waals surface area contributed by atoms with Crippen LogP contribution in [-0.4, -0.2) is 18.0 Å². The fraction of sp³-hybridized carbons (Fsp3) is 0.929. The molecule has 1 aliphatic rings. The van der Waals surface area contributed by atoms with Crippen molar-refractivity contribution in [3.63, 3.8) is 0 Å². The minimum absolute atomic E-state index is 0.0155. The second-order valence-corrected chi connectivity index (χ2v) is 5.95. The van der Waals surface area contributed by atoms with Gasteiger partial charge in [-0.05, 0) is 38.0 Å². The van der Waals surface area contributed by atoms with Gasteiger partial charge in [0, 0.05) is 6.54 Å². The van der Waals surface area contributed by atoms with E-state index in [1.54, 1.807) is 0 Å². The third-order valence-corrected chi connectivity index (χ3v) is 4.11. The van der Waals surface area contributed by atoms with Crippen LogP contribution in [0.2, 0.25) is 0 Å². The molecule has 3 heteroatoms. The molecular weight excluding hydrogens is 212 g/mol. The van der Waals surface area contributed by atoms with Crippen molar-refractivity contribution in [2.24, 2.45) is 11.1 Å². The molecule has 17 heavy (non-hydrogen) atoms. The highest BCUT2D eigenvalue weighted by Gasteiger charge is 2.37. The summed E-state index contributed by atoms with van der Waals surface area (Å²) in [7, 11) is 0. The summed E-state index contributed by atoms with van der Waals surface area (Å²) in [5, 5.41) is 3.07. The molecular formula is C14H28N2O. The van der Waals surface area contributed by atoms with Gasteiger partial charge >= 0.3 is 0 Å². The maximum absolute atomic E-state index is 12.0. The first-order chi connectivity index (χ1) is 7.96. The molecule has 0 aliphatic heterocycles. The monoisotopic (exact) mass is 240 g/mol. The molecule has 0 saturated heterocycles. The summed E-state index contributed by atoms with van der Waals surface area (Å²) in [5.41, 5.74) is 5.70. The second kappa shape index (κ2) is 5.85. The van der Waals surface area contributed by atoms with Gasteiger partial charge in [0.1, 0.15) is 0 Å². The van der Waals surface area contributed by atoms with Gasteiger partial charge in [-0.15, -0.1) is 0 Å². The van der Waals surface area contributed by atoms with E-state index in [1.165, 1.54) is 32.1 Å². The SMILES string of the molecule is CCCC1(CNC(=O)C(C)(N)CCC)CCC1. The lowest BCUT2D eigenvalue weighted by Crippen LogP contribution is -2.54. The molecule has 1 unspecified atom stereocenters. The summed E-state index contributed by atoms with van der Waals surface area (Å²) in [4.78, 5) is 12.0. The molecule has 0 aromatic heterocycles. The van der Waals surface area contributed by atoms with Crippen molar-refractivity contribution in [2.45, 2.75) is 71.3 Å². The number of nitrogens with two attached hydrogens (primary N) is 1. The number of carbonyl (C=O) groups excluding carboxylic acids is 1. The third kappa shape index (κ3) is 3.70. The van der Waals surface area contributed by atoms with Gasteiger partial charge in [-0.2, -0.15) is 0 Å². The van der Waals surface area contributed by atoms with Crippen LogP contribution >= 0.6 is 0 Å². The van der Waals surface area contributed by atoms with Crippen LogP contribution in [0.1, 0.15) is 65.7 Å². The van der Waals surface area contributed by atoms with Crippen molar-refractivity contribution in [3.05, 3.63) is 0 Å². The van der Waals surface area contributed by atoms with Gasteiger partial charge in [0.25, 0.3) is 0 Å². The molecule has 1 aliphatic carbocycles. The summed E-state index contributed by atoms with van der Waals surface area (Å²) in [6.45, 7) is 6.92. The number of nitrogens with one attached hydrogen (secondary N) is 1. The average molecular weight is 240 g/mol. The molecule has 1 amide bonds. The van der Waals surface area contributed by atoms with Crippen LogP contribution in [0.15, 0.2) is 0 Å². The van der Waals surface area contributed by atoms with E-state index in [9.17, 15) is 4.79 Å². The zero-order valence-electron chi connectivity index (χ0n) is 11.6. The first-order valence-corrected chi connectivity index (χ1v) is 7.03. The van der Waals surface area contributed by atoms with Gasteiger partial charge in [-0.3, -0.25) is 4.79 Å². The van der Waals surface area contributed by atoms with Crippen molar-refractivity contribution >= 4 is 5.91 Å². The van der Waals surface area contributed by atoms with Crippen LogP contribution < -0.4 is 11.1 Å². The highest BCUT2D eigenvalue weighted by atomic mass is 16.2. The van der Waals surface area contributed by atoms with E-state index in [0.29, 0.717) is 5.41 Å². The molecule has 1 fully saturated rings. The van der Waals surface area contributed by atoms with E-state index < -0.39 is 5.54 Å². The van der Waals surface area contributed by atoms with Gasteiger partial charge in [0.05, 0.1) is 5.54 Å². The number of hydrogen-bond acceptors (Lipinski definition) is 2.